The van der Waals surface area contributed by atoms with Crippen LogP contribution in [0.15, 0.2) is 18.2 Å². The Kier molecular flexibility index (Phi) is 4.80. The molecule has 2 atom stereocenters. The van der Waals surface area contributed by atoms with Gasteiger partial charge in [-0.3, -0.25) is 4.79 Å². The van der Waals surface area contributed by atoms with Gasteiger partial charge in [0.2, 0.25) is 5.91 Å². The fourth-order valence-corrected chi connectivity index (χ4v) is 3.16. The van der Waals surface area contributed by atoms with E-state index in [0.717, 1.165) is 50.8 Å². The number of nitrogens with one attached hydrogen (secondary N) is 2. The molecule has 7 heteroatoms. The number of benzene rings is 1. The van der Waals surface area contributed by atoms with Crippen LogP contribution in [0.2, 0.25) is 0 Å². The van der Waals surface area contributed by atoms with E-state index in [2.05, 4.69) is 10.6 Å². The molecule has 3 nitrogen and oxygen atoms in total. The molecule has 1 saturated heterocycles. The van der Waals surface area contributed by atoms with Crippen LogP contribution in [0.4, 0.5) is 17.6 Å². The molecule has 1 aliphatic carbocycles. The third-order valence-electron chi connectivity index (χ3n) is 4.68. The van der Waals surface area contributed by atoms with E-state index in [1.165, 1.54) is 0 Å². The predicted octanol–water partition coefficient (Wildman–Crippen LogP) is 3.55. The van der Waals surface area contributed by atoms with Crippen LogP contribution in [-0.4, -0.2) is 18.5 Å². The maximum atomic E-state index is 14.2. The van der Waals surface area contributed by atoms with Crippen molar-refractivity contribution in [1.82, 2.24) is 10.6 Å². The van der Waals surface area contributed by atoms with Crippen LogP contribution in [0.25, 0.3) is 0 Å². The van der Waals surface area contributed by atoms with Gasteiger partial charge in [0.1, 0.15) is 5.82 Å². The van der Waals surface area contributed by atoms with Gasteiger partial charge in [-0.05, 0) is 50.3 Å². The van der Waals surface area contributed by atoms with E-state index in [1.807, 2.05) is 0 Å². The molecule has 24 heavy (non-hydrogen) atoms. The third-order valence-corrected chi connectivity index (χ3v) is 4.68. The van der Waals surface area contributed by atoms with E-state index in [1.54, 1.807) is 0 Å². The van der Waals surface area contributed by atoms with Crippen LogP contribution in [0.5, 0.6) is 0 Å². The van der Waals surface area contributed by atoms with Crippen molar-refractivity contribution in [3.05, 3.63) is 35.1 Å². The smallest absolute Gasteiger partial charge is 0.348 e. The van der Waals surface area contributed by atoms with Gasteiger partial charge in [-0.25, -0.2) is 4.39 Å². The highest BCUT2D eigenvalue weighted by molar-refractivity contribution is 5.82. The van der Waals surface area contributed by atoms with E-state index in [4.69, 9.17) is 0 Å². The van der Waals surface area contributed by atoms with Gasteiger partial charge in [-0.1, -0.05) is 12.5 Å². The summed E-state index contributed by atoms with van der Waals surface area (Å²) in [6, 6.07) is 1.66. The van der Waals surface area contributed by atoms with Crippen LogP contribution >= 0.6 is 0 Å². The Morgan fingerprint density at radius 2 is 1.96 bits per heavy atom. The first-order valence-electron chi connectivity index (χ1n) is 8.26. The number of hydrogen-bond donors (Lipinski definition) is 2. The van der Waals surface area contributed by atoms with Crippen molar-refractivity contribution in [2.24, 2.45) is 5.92 Å². The number of rotatable bonds is 4. The second-order valence-electron chi connectivity index (χ2n) is 6.56. The molecule has 1 aliphatic heterocycles. The van der Waals surface area contributed by atoms with Gasteiger partial charge in [0.05, 0.1) is 17.6 Å². The molecule has 1 aromatic carbocycles. The lowest BCUT2D eigenvalue weighted by Crippen LogP contribution is -2.48. The summed E-state index contributed by atoms with van der Waals surface area (Å²) < 4.78 is 52.3. The Labute approximate surface area is 137 Å². The fraction of sp³-hybridized carbons (Fsp3) is 0.588. The van der Waals surface area contributed by atoms with E-state index in [0.29, 0.717) is 6.07 Å². The maximum absolute atomic E-state index is 14.2. The first-order valence-corrected chi connectivity index (χ1v) is 8.26. The quantitative estimate of drug-likeness (QED) is 0.820. The Bertz CT molecular complexity index is 607. The number of amides is 1. The number of carbonyl (C=O) groups is 1. The molecule has 0 spiro atoms. The van der Waals surface area contributed by atoms with Crippen molar-refractivity contribution in [1.29, 1.82) is 0 Å². The van der Waals surface area contributed by atoms with Crippen molar-refractivity contribution >= 4 is 5.91 Å². The average molecular weight is 344 g/mol. The van der Waals surface area contributed by atoms with Gasteiger partial charge >= 0.3 is 6.18 Å². The van der Waals surface area contributed by atoms with E-state index < -0.39 is 23.6 Å². The Morgan fingerprint density at radius 1 is 1.21 bits per heavy atom. The number of piperidine rings is 1. The van der Waals surface area contributed by atoms with Crippen LogP contribution in [0.1, 0.15) is 49.3 Å². The van der Waals surface area contributed by atoms with Crippen molar-refractivity contribution in [2.75, 3.05) is 6.54 Å². The molecule has 0 unspecified atom stereocenters. The lowest BCUT2D eigenvalue weighted by atomic mass is 9.98. The predicted molar refractivity (Wildman–Crippen MR) is 80.7 cm³/mol. The summed E-state index contributed by atoms with van der Waals surface area (Å²) in [4.78, 5) is 12.4. The molecular weight excluding hydrogens is 324 g/mol. The Balaban J connectivity index is 1.77. The first-order chi connectivity index (χ1) is 11.4. The molecule has 1 heterocycles. The molecule has 1 aromatic rings. The standard InChI is InChI=1S/C17H20F4N2O/c18-13-9-11(17(19,20)21)6-7-12(13)15(10-4-5-10)23-16(24)14-3-1-2-8-22-14/h6-7,9-10,14-15,22H,1-5,8H2,(H,23,24)/t14-,15-/m1/s1. The van der Waals surface area contributed by atoms with Gasteiger partial charge in [-0.15, -0.1) is 0 Å². The minimum absolute atomic E-state index is 0.0868. The van der Waals surface area contributed by atoms with Crippen molar-refractivity contribution in [2.45, 2.75) is 50.4 Å². The molecule has 132 valence electrons. The van der Waals surface area contributed by atoms with E-state index >= 15 is 0 Å². The molecule has 1 amide bonds. The normalized spacial score (nSPS) is 22.9. The van der Waals surface area contributed by atoms with Crippen molar-refractivity contribution < 1.29 is 22.4 Å². The number of alkyl halides is 3. The van der Waals surface area contributed by atoms with Gasteiger partial charge in [0, 0.05) is 5.56 Å². The lowest BCUT2D eigenvalue weighted by molar-refractivity contribution is -0.137. The van der Waals surface area contributed by atoms with Crippen molar-refractivity contribution in [3.63, 3.8) is 0 Å². The second-order valence-corrected chi connectivity index (χ2v) is 6.56. The zero-order valence-corrected chi connectivity index (χ0v) is 13.1. The van der Waals surface area contributed by atoms with Crippen LogP contribution < -0.4 is 10.6 Å². The molecule has 0 aromatic heterocycles. The molecular formula is C17H20F4N2O. The monoisotopic (exact) mass is 344 g/mol. The largest absolute Gasteiger partial charge is 0.416 e. The molecule has 0 radical (unpaired) electrons. The van der Waals surface area contributed by atoms with Crippen LogP contribution in [0.3, 0.4) is 0 Å². The molecule has 2 aliphatic rings. The second kappa shape index (κ2) is 6.70. The zero-order valence-electron chi connectivity index (χ0n) is 13.1. The Hall–Kier alpha value is -1.63. The number of hydrogen-bond acceptors (Lipinski definition) is 2. The highest BCUT2D eigenvalue weighted by Gasteiger charge is 2.38. The van der Waals surface area contributed by atoms with Gasteiger partial charge in [0.25, 0.3) is 0 Å². The summed E-state index contributed by atoms with van der Waals surface area (Å²) >= 11 is 0. The lowest BCUT2D eigenvalue weighted by Gasteiger charge is -2.26. The molecule has 3 rings (SSSR count). The maximum Gasteiger partial charge on any atom is 0.416 e. The topological polar surface area (TPSA) is 41.1 Å². The summed E-state index contributed by atoms with van der Waals surface area (Å²) in [5, 5.41) is 5.97. The first kappa shape index (κ1) is 17.2. The SMILES string of the molecule is O=C(N[C@@H](c1ccc(C(F)(F)F)cc1F)C1CC1)[C@H]1CCCCN1. The third kappa shape index (κ3) is 3.88. The van der Waals surface area contributed by atoms with Gasteiger partial charge in [-0.2, -0.15) is 13.2 Å². The molecule has 0 bridgehead atoms. The molecule has 2 N–H and O–H groups in total. The summed E-state index contributed by atoms with van der Waals surface area (Å²) in [7, 11) is 0. The summed E-state index contributed by atoms with van der Waals surface area (Å²) in [5.74, 6) is -1.03. The summed E-state index contributed by atoms with van der Waals surface area (Å²) in [5.41, 5.74) is -0.881. The minimum atomic E-state index is -4.58. The highest BCUT2D eigenvalue weighted by atomic mass is 19.4. The number of carbonyl (C=O) groups excluding carboxylic acids is 1. The average Bonchev–Trinajstić information content (AvgIpc) is 3.37. The van der Waals surface area contributed by atoms with Gasteiger partial charge < -0.3 is 10.6 Å². The minimum Gasteiger partial charge on any atom is -0.348 e. The number of halogens is 4. The van der Waals surface area contributed by atoms with E-state index in [9.17, 15) is 22.4 Å². The zero-order chi connectivity index (χ0) is 17.3. The highest BCUT2D eigenvalue weighted by Crippen LogP contribution is 2.42. The van der Waals surface area contributed by atoms with E-state index in [-0.39, 0.29) is 23.4 Å². The fourth-order valence-electron chi connectivity index (χ4n) is 3.16. The summed E-state index contributed by atoms with van der Waals surface area (Å²) in [6.07, 6.45) is -0.216. The van der Waals surface area contributed by atoms with Crippen LogP contribution in [0, 0.1) is 11.7 Å². The van der Waals surface area contributed by atoms with Crippen molar-refractivity contribution in [3.8, 4) is 0 Å². The molecule has 1 saturated carbocycles. The summed E-state index contributed by atoms with van der Waals surface area (Å²) in [6.45, 7) is 0.765. The van der Waals surface area contributed by atoms with Gasteiger partial charge in [0.15, 0.2) is 0 Å². The Morgan fingerprint density at radius 3 is 2.50 bits per heavy atom. The van der Waals surface area contributed by atoms with Crippen LogP contribution in [-0.2, 0) is 11.0 Å². The molecule has 2 fully saturated rings.